The van der Waals surface area contributed by atoms with Gasteiger partial charge in [0.15, 0.2) is 0 Å². The Kier molecular flexibility index (Phi) is 2.62. The second kappa shape index (κ2) is 3.91. The summed E-state index contributed by atoms with van der Waals surface area (Å²) in [6.07, 6.45) is 1.17. The van der Waals surface area contributed by atoms with E-state index in [1.54, 1.807) is 4.68 Å². The summed E-state index contributed by atoms with van der Waals surface area (Å²) in [6, 6.07) is 0.486. The van der Waals surface area contributed by atoms with E-state index in [2.05, 4.69) is 32.7 Å². The largest absolute Gasteiger partial charge is 0.349 e. The van der Waals surface area contributed by atoms with E-state index in [-0.39, 0.29) is 0 Å². The summed E-state index contributed by atoms with van der Waals surface area (Å²) in [5, 5.41) is 14.6. The monoisotopic (exact) mass is 196 g/mol. The van der Waals surface area contributed by atoms with Crippen molar-refractivity contribution >= 4 is 5.95 Å². The van der Waals surface area contributed by atoms with Crippen LogP contribution in [0.3, 0.4) is 0 Å². The number of tetrazole rings is 1. The first-order chi connectivity index (χ1) is 6.79. The molecule has 0 aliphatic carbocycles. The van der Waals surface area contributed by atoms with E-state index >= 15 is 0 Å². The van der Waals surface area contributed by atoms with Crippen LogP contribution >= 0.6 is 0 Å². The van der Waals surface area contributed by atoms with E-state index in [4.69, 9.17) is 0 Å². The summed E-state index contributed by atoms with van der Waals surface area (Å²) in [4.78, 5) is 2.42. The van der Waals surface area contributed by atoms with E-state index < -0.39 is 0 Å². The zero-order valence-electron chi connectivity index (χ0n) is 8.64. The Labute approximate surface area is 83.3 Å². The van der Waals surface area contributed by atoms with Gasteiger partial charge in [-0.1, -0.05) is 12.0 Å². The van der Waals surface area contributed by atoms with Gasteiger partial charge in [0, 0.05) is 26.2 Å². The highest BCUT2D eigenvalue weighted by Crippen LogP contribution is 2.12. The van der Waals surface area contributed by atoms with Crippen LogP contribution in [-0.2, 0) is 7.05 Å². The van der Waals surface area contributed by atoms with Crippen LogP contribution in [0.15, 0.2) is 0 Å². The predicted octanol–water partition coefficient (Wildman–Crippen LogP) is -0.284. The van der Waals surface area contributed by atoms with Crippen LogP contribution in [0.4, 0.5) is 5.95 Å². The van der Waals surface area contributed by atoms with Gasteiger partial charge in [-0.05, 0) is 23.4 Å². The molecule has 1 aliphatic heterocycles. The average Bonchev–Trinajstić information content (AvgIpc) is 2.77. The van der Waals surface area contributed by atoms with Crippen LogP contribution in [-0.4, -0.2) is 50.8 Å². The molecule has 1 atom stereocenters. The molecule has 1 saturated heterocycles. The van der Waals surface area contributed by atoms with Gasteiger partial charge in [0.25, 0.3) is 0 Å². The Bertz CT molecular complexity index is 296. The molecule has 14 heavy (non-hydrogen) atoms. The minimum absolute atomic E-state index is 0.486. The Morgan fingerprint density at radius 1 is 1.57 bits per heavy atom. The molecule has 1 aromatic heterocycles. The van der Waals surface area contributed by atoms with E-state index in [0.29, 0.717) is 6.04 Å². The molecule has 6 heteroatoms. The first-order valence-corrected chi connectivity index (χ1v) is 5.01. The minimum Gasteiger partial charge on any atom is -0.349 e. The van der Waals surface area contributed by atoms with Gasteiger partial charge in [0.2, 0.25) is 5.95 Å². The molecular formula is C8H16N6. The Hall–Kier alpha value is -1.17. The van der Waals surface area contributed by atoms with Gasteiger partial charge in [0.05, 0.1) is 0 Å². The summed E-state index contributed by atoms with van der Waals surface area (Å²) in [7, 11) is 1.84. The first-order valence-electron chi connectivity index (χ1n) is 5.01. The van der Waals surface area contributed by atoms with Gasteiger partial charge < -0.3 is 10.2 Å². The summed E-state index contributed by atoms with van der Waals surface area (Å²) < 4.78 is 1.66. The van der Waals surface area contributed by atoms with Crippen molar-refractivity contribution in [2.24, 2.45) is 7.05 Å². The van der Waals surface area contributed by atoms with Gasteiger partial charge in [-0.3, -0.25) is 0 Å². The number of nitrogens with zero attached hydrogens (tertiary/aromatic N) is 5. The van der Waals surface area contributed by atoms with Crippen LogP contribution < -0.4 is 5.32 Å². The third-order valence-corrected chi connectivity index (χ3v) is 2.67. The van der Waals surface area contributed by atoms with Crippen LogP contribution in [0.1, 0.15) is 13.3 Å². The SMILES string of the molecule is CCN1CCC(Nc2nnnn2C)C1. The van der Waals surface area contributed by atoms with E-state index in [0.717, 1.165) is 19.0 Å². The second-order valence-corrected chi connectivity index (χ2v) is 3.65. The maximum atomic E-state index is 3.90. The molecule has 0 spiro atoms. The van der Waals surface area contributed by atoms with Crippen molar-refractivity contribution in [1.82, 2.24) is 25.1 Å². The van der Waals surface area contributed by atoms with E-state index in [1.807, 2.05) is 7.05 Å². The van der Waals surface area contributed by atoms with E-state index in [9.17, 15) is 0 Å². The predicted molar refractivity (Wildman–Crippen MR) is 52.9 cm³/mol. The fourth-order valence-electron chi connectivity index (χ4n) is 1.77. The molecule has 2 heterocycles. The number of likely N-dealkylation sites (N-methyl/N-ethyl adjacent to an activating group) is 1. The molecule has 1 aliphatic rings. The van der Waals surface area contributed by atoms with Crippen LogP contribution in [0.25, 0.3) is 0 Å². The third kappa shape index (κ3) is 1.84. The summed E-state index contributed by atoms with van der Waals surface area (Å²) in [6.45, 7) is 5.56. The highest BCUT2D eigenvalue weighted by atomic mass is 15.6. The van der Waals surface area contributed by atoms with Crippen LogP contribution in [0, 0.1) is 0 Å². The van der Waals surface area contributed by atoms with Gasteiger partial charge in [-0.2, -0.15) is 0 Å². The highest BCUT2D eigenvalue weighted by molar-refractivity contribution is 5.24. The number of hydrogen-bond donors (Lipinski definition) is 1. The number of likely N-dealkylation sites (tertiary alicyclic amines) is 1. The number of aryl methyl sites for hydroxylation is 1. The highest BCUT2D eigenvalue weighted by Gasteiger charge is 2.21. The molecule has 78 valence electrons. The average molecular weight is 196 g/mol. The lowest BCUT2D eigenvalue weighted by molar-refractivity contribution is 0.355. The molecule has 1 N–H and O–H groups in total. The van der Waals surface area contributed by atoms with Crippen molar-refractivity contribution in [1.29, 1.82) is 0 Å². The minimum atomic E-state index is 0.486. The third-order valence-electron chi connectivity index (χ3n) is 2.67. The molecular weight excluding hydrogens is 180 g/mol. The lowest BCUT2D eigenvalue weighted by Crippen LogP contribution is -2.27. The normalized spacial score (nSPS) is 22.9. The molecule has 0 radical (unpaired) electrons. The molecule has 0 aromatic carbocycles. The smallest absolute Gasteiger partial charge is 0.242 e. The fourth-order valence-corrected chi connectivity index (χ4v) is 1.77. The number of nitrogens with one attached hydrogen (secondary N) is 1. The number of aromatic nitrogens is 4. The fraction of sp³-hybridized carbons (Fsp3) is 0.875. The Balaban J connectivity index is 1.90. The van der Waals surface area contributed by atoms with Crippen molar-refractivity contribution in [3.8, 4) is 0 Å². The molecule has 0 bridgehead atoms. The van der Waals surface area contributed by atoms with E-state index in [1.165, 1.54) is 13.0 Å². The molecule has 1 fully saturated rings. The molecule has 2 rings (SSSR count). The van der Waals surface area contributed by atoms with Crippen LogP contribution in [0.2, 0.25) is 0 Å². The van der Waals surface area contributed by atoms with Crippen molar-refractivity contribution in [2.45, 2.75) is 19.4 Å². The second-order valence-electron chi connectivity index (χ2n) is 3.65. The summed E-state index contributed by atoms with van der Waals surface area (Å²) in [5.41, 5.74) is 0. The van der Waals surface area contributed by atoms with Crippen molar-refractivity contribution in [2.75, 3.05) is 25.0 Å². The molecule has 0 amide bonds. The van der Waals surface area contributed by atoms with Gasteiger partial charge in [0.1, 0.15) is 0 Å². The number of hydrogen-bond acceptors (Lipinski definition) is 5. The lowest BCUT2D eigenvalue weighted by Gasteiger charge is -2.13. The number of rotatable bonds is 3. The van der Waals surface area contributed by atoms with Gasteiger partial charge >= 0.3 is 0 Å². The summed E-state index contributed by atoms with van der Waals surface area (Å²) >= 11 is 0. The van der Waals surface area contributed by atoms with Gasteiger partial charge in [-0.25, -0.2) is 4.68 Å². The molecule has 6 nitrogen and oxygen atoms in total. The molecule has 1 aromatic rings. The first kappa shape index (κ1) is 9.39. The van der Waals surface area contributed by atoms with Gasteiger partial charge in [-0.15, -0.1) is 0 Å². The maximum absolute atomic E-state index is 3.90. The Morgan fingerprint density at radius 3 is 3.00 bits per heavy atom. The van der Waals surface area contributed by atoms with Crippen LogP contribution in [0.5, 0.6) is 0 Å². The molecule has 0 saturated carbocycles. The lowest BCUT2D eigenvalue weighted by atomic mass is 10.3. The van der Waals surface area contributed by atoms with Crippen molar-refractivity contribution in [3.63, 3.8) is 0 Å². The standard InChI is InChI=1S/C8H16N6/c1-3-14-5-4-7(6-14)9-8-10-11-12-13(8)2/h7H,3-6H2,1-2H3,(H,9,10,12). The maximum Gasteiger partial charge on any atom is 0.242 e. The topological polar surface area (TPSA) is 58.9 Å². The zero-order valence-corrected chi connectivity index (χ0v) is 8.64. The zero-order chi connectivity index (χ0) is 9.97. The number of anilines is 1. The van der Waals surface area contributed by atoms with Crippen molar-refractivity contribution < 1.29 is 0 Å². The van der Waals surface area contributed by atoms with Crippen molar-refractivity contribution in [3.05, 3.63) is 0 Å². The Morgan fingerprint density at radius 2 is 2.43 bits per heavy atom. The quantitative estimate of drug-likeness (QED) is 0.720. The summed E-state index contributed by atoms with van der Waals surface area (Å²) in [5.74, 6) is 0.757. The molecule has 1 unspecified atom stereocenters.